The molecule has 78 valence electrons. The summed E-state index contributed by atoms with van der Waals surface area (Å²) in [6.07, 6.45) is 8.25. The van der Waals surface area contributed by atoms with Crippen LogP contribution in [0, 0.1) is 5.92 Å². The minimum atomic E-state index is 0.443. The number of rotatable bonds is 2. The molecule has 2 rings (SSSR count). The Morgan fingerprint density at radius 2 is 2.29 bits per heavy atom. The molecule has 0 aromatic rings. The molecule has 1 heterocycles. The van der Waals surface area contributed by atoms with E-state index >= 15 is 0 Å². The van der Waals surface area contributed by atoms with E-state index in [4.69, 9.17) is 0 Å². The third-order valence-corrected chi connectivity index (χ3v) is 3.60. The van der Waals surface area contributed by atoms with Gasteiger partial charge in [-0.3, -0.25) is 4.79 Å². The van der Waals surface area contributed by atoms with E-state index in [0.717, 1.165) is 31.6 Å². The second-order valence-corrected chi connectivity index (χ2v) is 4.61. The van der Waals surface area contributed by atoms with E-state index in [-0.39, 0.29) is 0 Å². The standard InChI is InChI=1S/C12H19NO/c1-2-3-10-6-4-9-5-7-11(14)8-12(9)13-10/h2,9-10,12-13H,1,3-8H2. The minimum absolute atomic E-state index is 0.443. The van der Waals surface area contributed by atoms with Crippen molar-refractivity contribution in [3.05, 3.63) is 12.7 Å². The largest absolute Gasteiger partial charge is 0.310 e. The second kappa shape index (κ2) is 4.26. The van der Waals surface area contributed by atoms with Gasteiger partial charge in [0, 0.05) is 24.9 Å². The van der Waals surface area contributed by atoms with Gasteiger partial charge >= 0.3 is 0 Å². The zero-order chi connectivity index (χ0) is 9.97. The number of Topliss-reactive ketones (excluding diaryl/α,β-unsaturated/α-hetero) is 1. The number of hydrogen-bond acceptors (Lipinski definition) is 2. The SMILES string of the molecule is C=CCC1CCC2CCC(=O)CC2N1. The molecule has 1 N–H and O–H groups in total. The molecule has 1 saturated heterocycles. The lowest BCUT2D eigenvalue weighted by Gasteiger charge is -2.39. The molecular formula is C12H19NO. The van der Waals surface area contributed by atoms with Gasteiger partial charge in [-0.2, -0.15) is 0 Å². The molecular weight excluding hydrogens is 174 g/mol. The summed E-state index contributed by atoms with van der Waals surface area (Å²) in [5.74, 6) is 1.20. The predicted octanol–water partition coefficient (Wildman–Crippen LogP) is 2.05. The highest BCUT2D eigenvalue weighted by Crippen LogP contribution is 2.31. The Labute approximate surface area is 85.8 Å². The van der Waals surface area contributed by atoms with E-state index < -0.39 is 0 Å². The van der Waals surface area contributed by atoms with Crippen LogP contribution in [0.15, 0.2) is 12.7 Å². The van der Waals surface area contributed by atoms with Crippen LogP contribution >= 0.6 is 0 Å². The normalized spacial score (nSPS) is 37.7. The summed E-state index contributed by atoms with van der Waals surface area (Å²) in [5, 5.41) is 3.59. The van der Waals surface area contributed by atoms with Crippen LogP contribution in [0.1, 0.15) is 38.5 Å². The first-order chi connectivity index (χ1) is 6.79. The van der Waals surface area contributed by atoms with Crippen molar-refractivity contribution in [2.45, 2.75) is 50.6 Å². The van der Waals surface area contributed by atoms with Crippen molar-refractivity contribution in [2.24, 2.45) is 5.92 Å². The van der Waals surface area contributed by atoms with Gasteiger partial charge in [0.1, 0.15) is 5.78 Å². The lowest BCUT2D eigenvalue weighted by atomic mass is 9.77. The molecule has 2 heteroatoms. The van der Waals surface area contributed by atoms with Crippen molar-refractivity contribution >= 4 is 5.78 Å². The summed E-state index contributed by atoms with van der Waals surface area (Å²) >= 11 is 0. The van der Waals surface area contributed by atoms with Crippen molar-refractivity contribution in [2.75, 3.05) is 0 Å². The van der Waals surface area contributed by atoms with Crippen LogP contribution in [0.4, 0.5) is 0 Å². The van der Waals surface area contributed by atoms with Crippen LogP contribution in [0.5, 0.6) is 0 Å². The minimum Gasteiger partial charge on any atom is -0.310 e. The maximum atomic E-state index is 11.3. The Balaban J connectivity index is 1.92. The summed E-state index contributed by atoms with van der Waals surface area (Å²) in [6, 6.07) is 1.04. The Bertz CT molecular complexity index is 236. The fourth-order valence-electron chi connectivity index (χ4n) is 2.79. The molecule has 2 aliphatic rings. The highest BCUT2D eigenvalue weighted by atomic mass is 16.1. The number of carbonyl (C=O) groups is 1. The average molecular weight is 193 g/mol. The van der Waals surface area contributed by atoms with Crippen LogP contribution in [-0.4, -0.2) is 17.9 Å². The topological polar surface area (TPSA) is 29.1 Å². The Morgan fingerprint density at radius 3 is 3.07 bits per heavy atom. The predicted molar refractivity (Wildman–Crippen MR) is 57.1 cm³/mol. The highest BCUT2D eigenvalue weighted by molar-refractivity contribution is 5.79. The van der Waals surface area contributed by atoms with Crippen molar-refractivity contribution in [3.8, 4) is 0 Å². The third-order valence-electron chi connectivity index (χ3n) is 3.60. The van der Waals surface area contributed by atoms with Crippen molar-refractivity contribution in [1.82, 2.24) is 5.32 Å². The van der Waals surface area contributed by atoms with Gasteiger partial charge in [0.15, 0.2) is 0 Å². The summed E-state index contributed by atoms with van der Waals surface area (Å²) in [5.41, 5.74) is 0. The fraction of sp³-hybridized carbons (Fsp3) is 0.750. The number of nitrogens with one attached hydrogen (secondary N) is 1. The smallest absolute Gasteiger partial charge is 0.134 e. The first-order valence-corrected chi connectivity index (χ1v) is 5.68. The summed E-state index contributed by atoms with van der Waals surface area (Å²) in [6.45, 7) is 3.77. The second-order valence-electron chi connectivity index (χ2n) is 4.61. The number of ketones is 1. The van der Waals surface area contributed by atoms with Gasteiger partial charge in [0.05, 0.1) is 0 Å². The Kier molecular flexibility index (Phi) is 3.02. The molecule has 2 nitrogen and oxygen atoms in total. The number of piperidine rings is 1. The maximum absolute atomic E-state index is 11.3. The van der Waals surface area contributed by atoms with Crippen LogP contribution in [0.25, 0.3) is 0 Å². The zero-order valence-electron chi connectivity index (χ0n) is 8.67. The molecule has 3 unspecified atom stereocenters. The van der Waals surface area contributed by atoms with E-state index in [0.29, 0.717) is 17.9 Å². The van der Waals surface area contributed by atoms with E-state index in [9.17, 15) is 4.79 Å². The lowest BCUT2D eigenvalue weighted by Crippen LogP contribution is -2.50. The molecule has 1 aliphatic carbocycles. The van der Waals surface area contributed by atoms with Crippen LogP contribution in [0.3, 0.4) is 0 Å². The van der Waals surface area contributed by atoms with Crippen molar-refractivity contribution in [1.29, 1.82) is 0 Å². The van der Waals surface area contributed by atoms with Crippen LogP contribution < -0.4 is 5.32 Å². The molecule has 0 aromatic heterocycles. The molecule has 1 aliphatic heterocycles. The van der Waals surface area contributed by atoms with Crippen molar-refractivity contribution in [3.63, 3.8) is 0 Å². The van der Waals surface area contributed by atoms with E-state index in [1.165, 1.54) is 12.8 Å². The molecule has 0 amide bonds. The Hall–Kier alpha value is -0.630. The molecule has 0 spiro atoms. The fourth-order valence-corrected chi connectivity index (χ4v) is 2.79. The maximum Gasteiger partial charge on any atom is 0.134 e. The van der Waals surface area contributed by atoms with E-state index in [1.807, 2.05) is 6.08 Å². The van der Waals surface area contributed by atoms with Crippen LogP contribution in [0.2, 0.25) is 0 Å². The van der Waals surface area contributed by atoms with Gasteiger partial charge in [-0.25, -0.2) is 0 Å². The first kappa shape index (κ1) is 9.91. The van der Waals surface area contributed by atoms with E-state index in [2.05, 4.69) is 11.9 Å². The molecule has 0 bridgehead atoms. The lowest BCUT2D eigenvalue weighted by molar-refractivity contribution is -0.122. The summed E-state index contributed by atoms with van der Waals surface area (Å²) in [4.78, 5) is 11.3. The zero-order valence-corrected chi connectivity index (χ0v) is 8.67. The Morgan fingerprint density at radius 1 is 1.43 bits per heavy atom. The van der Waals surface area contributed by atoms with Crippen LogP contribution in [-0.2, 0) is 4.79 Å². The number of carbonyl (C=O) groups excluding carboxylic acids is 1. The average Bonchev–Trinajstić information content (AvgIpc) is 2.17. The van der Waals surface area contributed by atoms with Gasteiger partial charge in [-0.05, 0) is 31.6 Å². The van der Waals surface area contributed by atoms with Gasteiger partial charge in [-0.15, -0.1) is 6.58 Å². The number of fused-ring (bicyclic) bond motifs is 1. The summed E-state index contributed by atoms with van der Waals surface area (Å²) < 4.78 is 0. The quantitative estimate of drug-likeness (QED) is 0.680. The molecule has 3 atom stereocenters. The van der Waals surface area contributed by atoms with Gasteiger partial charge in [-0.1, -0.05) is 6.08 Å². The molecule has 1 saturated carbocycles. The van der Waals surface area contributed by atoms with Gasteiger partial charge < -0.3 is 5.32 Å². The number of hydrogen-bond donors (Lipinski definition) is 1. The molecule has 14 heavy (non-hydrogen) atoms. The van der Waals surface area contributed by atoms with E-state index in [1.54, 1.807) is 0 Å². The monoisotopic (exact) mass is 193 g/mol. The third kappa shape index (κ3) is 2.06. The molecule has 2 fully saturated rings. The highest BCUT2D eigenvalue weighted by Gasteiger charge is 2.33. The first-order valence-electron chi connectivity index (χ1n) is 5.68. The van der Waals surface area contributed by atoms with Crippen molar-refractivity contribution < 1.29 is 4.79 Å². The molecule has 0 radical (unpaired) electrons. The molecule has 0 aromatic carbocycles. The van der Waals surface area contributed by atoms with Gasteiger partial charge in [0.25, 0.3) is 0 Å². The summed E-state index contributed by atoms with van der Waals surface area (Å²) in [7, 11) is 0. The van der Waals surface area contributed by atoms with Gasteiger partial charge in [0.2, 0.25) is 0 Å².